The molecule has 0 aliphatic heterocycles. The fourth-order valence-electron chi connectivity index (χ4n) is 1.60. The third-order valence-electron chi connectivity index (χ3n) is 2.90. The summed E-state index contributed by atoms with van der Waals surface area (Å²) in [6.07, 6.45) is 0. The summed E-state index contributed by atoms with van der Waals surface area (Å²) in [4.78, 5) is 23.0. The van der Waals surface area contributed by atoms with Crippen molar-refractivity contribution in [3.63, 3.8) is 0 Å². The highest BCUT2D eigenvalue weighted by Gasteiger charge is 2.21. The molecule has 0 spiro atoms. The third kappa shape index (κ3) is 5.71. The second-order valence-corrected chi connectivity index (χ2v) is 5.91. The van der Waals surface area contributed by atoms with Gasteiger partial charge in [0.25, 0.3) is 0 Å². The molecular weight excluding hydrogens is 300 g/mol. The lowest BCUT2D eigenvalue weighted by Gasteiger charge is -2.16. The Hall–Kier alpha value is -1.63. The first-order chi connectivity index (χ1) is 9.81. The summed E-state index contributed by atoms with van der Waals surface area (Å²) in [5.41, 5.74) is 0. The first-order valence-corrected chi connectivity index (χ1v) is 7.37. The van der Waals surface area contributed by atoms with Crippen molar-refractivity contribution in [2.75, 3.05) is 12.3 Å². The second-order valence-electron chi connectivity index (χ2n) is 4.86. The van der Waals surface area contributed by atoms with Gasteiger partial charge in [-0.15, -0.1) is 11.8 Å². The van der Waals surface area contributed by atoms with Gasteiger partial charge in [-0.2, -0.15) is 0 Å². The Balaban J connectivity index is 2.43. The van der Waals surface area contributed by atoms with E-state index in [-0.39, 0.29) is 24.1 Å². The van der Waals surface area contributed by atoms with Gasteiger partial charge in [0.05, 0.1) is 11.7 Å². The van der Waals surface area contributed by atoms with Crippen LogP contribution in [0.15, 0.2) is 23.1 Å². The Morgan fingerprint density at radius 1 is 1.29 bits per heavy atom. The number of carbonyl (C=O) groups is 2. The minimum Gasteiger partial charge on any atom is -0.481 e. The van der Waals surface area contributed by atoms with Gasteiger partial charge in [-0.3, -0.25) is 9.59 Å². The number of carboxylic acids is 1. The third-order valence-corrected chi connectivity index (χ3v) is 3.90. The predicted octanol–water partition coefficient (Wildman–Crippen LogP) is 2.53. The zero-order valence-electron chi connectivity index (χ0n) is 11.7. The van der Waals surface area contributed by atoms with E-state index in [0.29, 0.717) is 4.90 Å². The number of hydrogen-bond acceptors (Lipinski definition) is 3. The van der Waals surface area contributed by atoms with Crippen LogP contribution in [0.3, 0.4) is 0 Å². The molecule has 2 N–H and O–H groups in total. The molecule has 0 saturated heterocycles. The monoisotopic (exact) mass is 317 g/mol. The van der Waals surface area contributed by atoms with Crippen molar-refractivity contribution >= 4 is 23.6 Å². The maximum Gasteiger partial charge on any atom is 0.308 e. The molecule has 1 amide bonds. The normalized spacial score (nSPS) is 12.2. The van der Waals surface area contributed by atoms with E-state index in [1.807, 2.05) is 0 Å². The number of aliphatic carboxylic acids is 1. The average molecular weight is 317 g/mol. The molecular formula is C14H17F2NO3S. The molecule has 0 radical (unpaired) electrons. The lowest BCUT2D eigenvalue weighted by molar-refractivity contribution is -0.143. The molecule has 21 heavy (non-hydrogen) atoms. The molecule has 1 aromatic carbocycles. The second kappa shape index (κ2) is 7.97. The SMILES string of the molecule is CC(C)C(CNC(=O)CSc1ccc(F)c(F)c1)C(=O)O. The molecule has 0 saturated carbocycles. The number of carboxylic acid groups (broad SMARTS) is 1. The Bertz CT molecular complexity index is 523. The molecule has 0 fully saturated rings. The largest absolute Gasteiger partial charge is 0.481 e. The van der Waals surface area contributed by atoms with Crippen LogP contribution in [0.5, 0.6) is 0 Å². The first-order valence-electron chi connectivity index (χ1n) is 6.38. The predicted molar refractivity (Wildman–Crippen MR) is 76.1 cm³/mol. The van der Waals surface area contributed by atoms with Crippen LogP contribution in [0.2, 0.25) is 0 Å². The van der Waals surface area contributed by atoms with Crippen molar-refractivity contribution in [3.05, 3.63) is 29.8 Å². The highest BCUT2D eigenvalue weighted by atomic mass is 32.2. The quantitative estimate of drug-likeness (QED) is 0.759. The van der Waals surface area contributed by atoms with Crippen LogP contribution < -0.4 is 5.32 Å². The number of nitrogens with one attached hydrogen (secondary N) is 1. The van der Waals surface area contributed by atoms with E-state index >= 15 is 0 Å². The number of amides is 1. The molecule has 1 atom stereocenters. The van der Waals surface area contributed by atoms with Crippen LogP contribution in [-0.4, -0.2) is 29.3 Å². The molecule has 7 heteroatoms. The van der Waals surface area contributed by atoms with Gasteiger partial charge in [0.2, 0.25) is 5.91 Å². The highest BCUT2D eigenvalue weighted by Crippen LogP contribution is 2.20. The van der Waals surface area contributed by atoms with Crippen LogP contribution in [0, 0.1) is 23.5 Å². The molecule has 0 heterocycles. The zero-order valence-corrected chi connectivity index (χ0v) is 12.5. The summed E-state index contributed by atoms with van der Waals surface area (Å²) in [5.74, 6) is -3.95. The Labute approximate surface area is 125 Å². The summed E-state index contributed by atoms with van der Waals surface area (Å²) >= 11 is 1.05. The molecule has 0 aliphatic rings. The van der Waals surface area contributed by atoms with Crippen molar-refractivity contribution < 1.29 is 23.5 Å². The van der Waals surface area contributed by atoms with Gasteiger partial charge >= 0.3 is 5.97 Å². The lowest BCUT2D eigenvalue weighted by atomic mass is 9.96. The Morgan fingerprint density at radius 2 is 1.95 bits per heavy atom. The van der Waals surface area contributed by atoms with Crippen LogP contribution in [0.1, 0.15) is 13.8 Å². The maximum absolute atomic E-state index is 13.0. The number of thioether (sulfide) groups is 1. The Kier molecular flexibility index (Phi) is 6.61. The molecule has 1 rings (SSSR count). The molecule has 4 nitrogen and oxygen atoms in total. The van der Waals surface area contributed by atoms with Crippen LogP contribution in [-0.2, 0) is 9.59 Å². The van der Waals surface area contributed by atoms with E-state index in [4.69, 9.17) is 5.11 Å². The molecule has 0 aliphatic carbocycles. The van der Waals surface area contributed by atoms with E-state index < -0.39 is 23.5 Å². The van der Waals surface area contributed by atoms with Crippen LogP contribution >= 0.6 is 11.8 Å². The number of hydrogen-bond donors (Lipinski definition) is 2. The zero-order chi connectivity index (χ0) is 16.0. The van der Waals surface area contributed by atoms with Gasteiger partial charge in [-0.05, 0) is 24.1 Å². The van der Waals surface area contributed by atoms with Crippen molar-refractivity contribution in [3.8, 4) is 0 Å². The van der Waals surface area contributed by atoms with Crippen molar-refractivity contribution in [1.29, 1.82) is 0 Å². The summed E-state index contributed by atoms with van der Waals surface area (Å²) in [6.45, 7) is 3.58. The summed E-state index contributed by atoms with van der Waals surface area (Å²) in [7, 11) is 0. The summed E-state index contributed by atoms with van der Waals surface area (Å²) < 4.78 is 25.7. The lowest BCUT2D eigenvalue weighted by Crippen LogP contribution is -2.36. The van der Waals surface area contributed by atoms with Gasteiger partial charge in [0.1, 0.15) is 0 Å². The number of rotatable bonds is 7. The summed E-state index contributed by atoms with van der Waals surface area (Å²) in [6, 6.07) is 3.39. The van der Waals surface area contributed by atoms with E-state index in [1.165, 1.54) is 6.07 Å². The fraction of sp³-hybridized carbons (Fsp3) is 0.429. The minimum atomic E-state index is -0.967. The van der Waals surface area contributed by atoms with E-state index in [0.717, 1.165) is 23.9 Å². The molecule has 0 bridgehead atoms. The van der Waals surface area contributed by atoms with E-state index in [9.17, 15) is 18.4 Å². The van der Waals surface area contributed by atoms with Gasteiger partial charge in [-0.1, -0.05) is 13.8 Å². The topological polar surface area (TPSA) is 66.4 Å². The van der Waals surface area contributed by atoms with Crippen molar-refractivity contribution in [2.24, 2.45) is 11.8 Å². The average Bonchev–Trinajstić information content (AvgIpc) is 2.39. The molecule has 116 valence electrons. The van der Waals surface area contributed by atoms with Crippen LogP contribution in [0.4, 0.5) is 8.78 Å². The maximum atomic E-state index is 13.0. The molecule has 1 unspecified atom stereocenters. The standard InChI is InChI=1S/C14H17F2NO3S/c1-8(2)10(14(19)20)6-17-13(18)7-21-9-3-4-11(15)12(16)5-9/h3-5,8,10H,6-7H2,1-2H3,(H,17,18)(H,19,20). The number of carbonyl (C=O) groups excluding carboxylic acids is 1. The molecule has 1 aromatic rings. The highest BCUT2D eigenvalue weighted by molar-refractivity contribution is 8.00. The number of halogens is 2. The minimum absolute atomic E-state index is 0.00943. The van der Waals surface area contributed by atoms with Crippen molar-refractivity contribution in [1.82, 2.24) is 5.32 Å². The first kappa shape index (κ1) is 17.4. The fourth-order valence-corrected chi connectivity index (χ4v) is 2.35. The number of benzene rings is 1. The van der Waals surface area contributed by atoms with E-state index in [1.54, 1.807) is 13.8 Å². The van der Waals surface area contributed by atoms with Crippen molar-refractivity contribution in [2.45, 2.75) is 18.7 Å². The summed E-state index contributed by atoms with van der Waals surface area (Å²) in [5, 5.41) is 11.5. The van der Waals surface area contributed by atoms with E-state index in [2.05, 4.69) is 5.32 Å². The van der Waals surface area contributed by atoms with Gasteiger partial charge < -0.3 is 10.4 Å². The van der Waals surface area contributed by atoms with Gasteiger partial charge in [-0.25, -0.2) is 8.78 Å². The smallest absolute Gasteiger partial charge is 0.308 e. The van der Waals surface area contributed by atoms with Crippen LogP contribution in [0.25, 0.3) is 0 Å². The van der Waals surface area contributed by atoms with Gasteiger partial charge in [0, 0.05) is 11.4 Å². The van der Waals surface area contributed by atoms with Gasteiger partial charge in [0.15, 0.2) is 11.6 Å². The Morgan fingerprint density at radius 3 is 2.48 bits per heavy atom. The molecule has 0 aromatic heterocycles.